The summed E-state index contributed by atoms with van der Waals surface area (Å²) in [5.74, 6) is -0.717. The van der Waals surface area contributed by atoms with E-state index in [0.717, 1.165) is 36.9 Å². The first kappa shape index (κ1) is 33.9. The van der Waals surface area contributed by atoms with E-state index in [-0.39, 0.29) is 36.2 Å². The largest absolute Gasteiger partial charge is 0.432 e. The summed E-state index contributed by atoms with van der Waals surface area (Å²) in [6.45, 7) is 6.77. The van der Waals surface area contributed by atoms with Gasteiger partial charge in [0.2, 0.25) is 5.91 Å². The fourth-order valence-electron chi connectivity index (χ4n) is 7.98. The maximum Gasteiger partial charge on any atom is 0.269 e. The zero-order chi connectivity index (χ0) is 34.2. The van der Waals surface area contributed by atoms with Crippen LogP contribution in [-0.2, 0) is 39.4 Å². The summed E-state index contributed by atoms with van der Waals surface area (Å²) in [4.78, 5) is 54.4. The van der Waals surface area contributed by atoms with Crippen molar-refractivity contribution < 1.29 is 29.2 Å². The van der Waals surface area contributed by atoms with E-state index in [1.54, 1.807) is 21.8 Å². The number of hydrogen-bond acceptors (Lipinski definition) is 9. The van der Waals surface area contributed by atoms with Crippen LogP contribution in [0.4, 0.5) is 17.1 Å². The number of nitrogens with zero attached hydrogens (tertiary/aromatic N) is 6. The lowest BCUT2D eigenvalue weighted by atomic mass is 9.82. The highest BCUT2D eigenvalue weighted by Crippen LogP contribution is 2.60. The van der Waals surface area contributed by atoms with Crippen molar-refractivity contribution in [1.82, 2.24) is 15.0 Å². The van der Waals surface area contributed by atoms with Crippen LogP contribution in [0.1, 0.15) is 62.3 Å². The Morgan fingerprint density at radius 1 is 1.12 bits per heavy atom. The van der Waals surface area contributed by atoms with Crippen LogP contribution < -0.4 is 9.80 Å². The number of nitro groups is 1. The van der Waals surface area contributed by atoms with Crippen LogP contribution in [0.3, 0.4) is 0 Å². The Morgan fingerprint density at radius 2 is 1.92 bits per heavy atom. The molecule has 4 atom stereocenters. The zero-order valence-corrected chi connectivity index (χ0v) is 28.7. The first-order valence-electron chi connectivity index (χ1n) is 16.8. The highest BCUT2D eigenvalue weighted by molar-refractivity contribution is 6.71. The third kappa shape index (κ3) is 6.29. The van der Waals surface area contributed by atoms with Crippen LogP contribution in [0.15, 0.2) is 48.7 Å². The minimum atomic E-state index is -2.96. The second-order valence-electron chi connectivity index (χ2n) is 13.8. The Hall–Kier alpha value is -3.98. The van der Waals surface area contributed by atoms with E-state index >= 15 is 0 Å². The maximum atomic E-state index is 14.8. The number of amides is 2. The maximum absolute atomic E-state index is 14.8. The van der Waals surface area contributed by atoms with Crippen molar-refractivity contribution in [2.24, 2.45) is 5.92 Å². The number of non-ortho nitro benzene ring substituents is 1. The Bertz CT molecular complexity index is 1690. The molecule has 6 rings (SSSR count). The van der Waals surface area contributed by atoms with Gasteiger partial charge in [0.1, 0.15) is 0 Å². The molecule has 1 aromatic heterocycles. The van der Waals surface area contributed by atoms with Gasteiger partial charge in [0, 0.05) is 73.6 Å². The van der Waals surface area contributed by atoms with Crippen LogP contribution in [0.2, 0.25) is 18.6 Å². The van der Waals surface area contributed by atoms with Crippen molar-refractivity contribution in [3.8, 4) is 0 Å². The molecule has 2 N–H and O–H groups in total. The summed E-state index contributed by atoms with van der Waals surface area (Å²) < 4.78 is 8.51. The minimum absolute atomic E-state index is 0.0400. The number of aryl methyl sites for hydroxylation is 1. The van der Waals surface area contributed by atoms with E-state index in [4.69, 9.17) is 4.74 Å². The monoisotopic (exact) mass is 676 g/mol. The molecule has 0 bridgehead atoms. The lowest BCUT2D eigenvalue weighted by molar-refractivity contribution is -0.385. The Labute approximate surface area is 280 Å². The number of hydrogen-bond donors (Lipinski definition) is 2. The molecule has 3 aliphatic heterocycles. The predicted molar refractivity (Wildman–Crippen MR) is 181 cm³/mol. The smallest absolute Gasteiger partial charge is 0.269 e. The van der Waals surface area contributed by atoms with E-state index in [1.807, 2.05) is 49.2 Å². The summed E-state index contributed by atoms with van der Waals surface area (Å²) >= 11 is 0. The Morgan fingerprint density at radius 3 is 2.67 bits per heavy atom. The molecule has 2 amide bonds. The third-order valence-corrected chi connectivity index (χ3v) is 12.7. The van der Waals surface area contributed by atoms with Crippen molar-refractivity contribution in [3.63, 3.8) is 0 Å². The van der Waals surface area contributed by atoms with E-state index < -0.39 is 30.9 Å². The van der Waals surface area contributed by atoms with Gasteiger partial charge < -0.3 is 24.4 Å². The third-order valence-electron chi connectivity index (χ3n) is 10.2. The first-order chi connectivity index (χ1) is 22.9. The summed E-state index contributed by atoms with van der Waals surface area (Å²) in [5, 5.41) is 29.5. The molecule has 48 heavy (non-hydrogen) atoms. The first-order valence-corrected chi connectivity index (χ1v) is 19.9. The van der Waals surface area contributed by atoms with Crippen LogP contribution in [0.25, 0.3) is 0 Å². The molecular weight excluding hydrogens is 632 g/mol. The molecule has 4 heterocycles. The number of aliphatic hydroxyl groups is 1. The van der Waals surface area contributed by atoms with E-state index in [0.29, 0.717) is 49.3 Å². The van der Waals surface area contributed by atoms with Crippen LogP contribution >= 0.6 is 0 Å². The fraction of sp³-hybridized carbons (Fsp3) is 0.529. The SMILES string of the molecule is C[C@H]1[C@H]([Si](C)(C)O)[C@@H](CCn2cc(CCO)nn2)O[C@]12C(=O)N(Cc1cccc(N3CCCCCCC3=O)c1)c1ccc([N+](=O)[O-])cc12. The lowest BCUT2D eigenvalue weighted by Gasteiger charge is -2.32. The van der Waals surface area contributed by atoms with Gasteiger partial charge in [-0.05, 0) is 56.1 Å². The standard InChI is InChI=1S/C34H44N6O7Si/c1-23-32(48(2,3)46)30(14-17-37-22-25(15-18-41)35-36-37)47-34(23)28-20-27(40(44)45)12-13-29(28)39(33(34)43)21-24-9-8-10-26(19-24)38-16-7-5-4-6-11-31(38)42/h8-10,12-13,19-20,22-23,30,32,41,46H,4-7,11,14-18,21H2,1-3H3/t23-,30+,32-,34+/m0/s1. The van der Waals surface area contributed by atoms with Crippen molar-refractivity contribution >= 4 is 37.2 Å². The Balaban J connectivity index is 1.35. The molecule has 2 fully saturated rings. The van der Waals surface area contributed by atoms with Gasteiger partial charge in [0.05, 0.1) is 29.0 Å². The van der Waals surface area contributed by atoms with Gasteiger partial charge in [0.15, 0.2) is 13.9 Å². The number of rotatable bonds is 10. The fourth-order valence-corrected chi connectivity index (χ4v) is 10.6. The summed E-state index contributed by atoms with van der Waals surface area (Å²) in [6.07, 6.45) is 6.49. The Kier molecular flexibility index (Phi) is 9.53. The lowest BCUT2D eigenvalue weighted by Crippen LogP contribution is -2.46. The molecule has 256 valence electrons. The number of carbonyl (C=O) groups is 2. The highest BCUT2D eigenvalue weighted by atomic mass is 28.4. The van der Waals surface area contributed by atoms with Gasteiger partial charge in [-0.3, -0.25) is 24.4 Å². The molecule has 1 spiro atoms. The molecule has 0 radical (unpaired) electrons. The summed E-state index contributed by atoms with van der Waals surface area (Å²) in [6, 6.07) is 12.1. The van der Waals surface area contributed by atoms with Gasteiger partial charge in [-0.25, -0.2) is 0 Å². The van der Waals surface area contributed by atoms with E-state index in [1.165, 1.54) is 12.1 Å². The van der Waals surface area contributed by atoms with Gasteiger partial charge in [-0.2, -0.15) is 0 Å². The van der Waals surface area contributed by atoms with Gasteiger partial charge >= 0.3 is 0 Å². The number of fused-ring (bicyclic) bond motifs is 2. The van der Waals surface area contributed by atoms with Crippen molar-refractivity contribution in [2.75, 3.05) is 23.0 Å². The zero-order valence-electron chi connectivity index (χ0n) is 27.7. The molecule has 14 heteroatoms. The number of ether oxygens (including phenoxy) is 1. The highest BCUT2D eigenvalue weighted by Gasteiger charge is 2.66. The van der Waals surface area contributed by atoms with Crippen molar-refractivity contribution in [2.45, 2.75) is 95.3 Å². The molecule has 3 aromatic rings. The predicted octanol–water partition coefficient (Wildman–Crippen LogP) is 4.45. The molecule has 3 aliphatic rings. The van der Waals surface area contributed by atoms with Crippen LogP contribution in [-0.4, -0.2) is 69.2 Å². The number of aromatic nitrogens is 3. The van der Waals surface area contributed by atoms with Crippen LogP contribution in [0.5, 0.6) is 0 Å². The molecule has 2 aromatic carbocycles. The number of carbonyl (C=O) groups excluding carboxylic acids is 2. The number of nitro benzene ring substituents is 1. The normalized spacial score (nSPS) is 24.6. The van der Waals surface area contributed by atoms with Crippen molar-refractivity contribution in [3.05, 3.63) is 75.6 Å². The molecule has 13 nitrogen and oxygen atoms in total. The summed E-state index contributed by atoms with van der Waals surface area (Å²) in [5.41, 5.74) is 1.19. The topological polar surface area (TPSA) is 164 Å². The van der Waals surface area contributed by atoms with Gasteiger partial charge in [0.25, 0.3) is 11.6 Å². The molecule has 0 unspecified atom stereocenters. The van der Waals surface area contributed by atoms with Gasteiger partial charge in [-0.1, -0.05) is 37.1 Å². The molecule has 0 aliphatic carbocycles. The minimum Gasteiger partial charge on any atom is -0.432 e. The van der Waals surface area contributed by atoms with Crippen molar-refractivity contribution in [1.29, 1.82) is 0 Å². The molecular formula is C34H44N6O7Si. The van der Waals surface area contributed by atoms with Crippen LogP contribution in [0, 0.1) is 16.0 Å². The quantitative estimate of drug-likeness (QED) is 0.179. The summed E-state index contributed by atoms with van der Waals surface area (Å²) in [7, 11) is -2.96. The number of benzene rings is 2. The average molecular weight is 677 g/mol. The molecule has 0 saturated carbocycles. The number of aliphatic hydroxyl groups excluding tert-OH is 1. The average Bonchev–Trinajstić information content (AvgIpc) is 3.68. The second-order valence-corrected chi connectivity index (χ2v) is 17.8. The van der Waals surface area contributed by atoms with E-state index in [2.05, 4.69) is 10.3 Å². The number of anilines is 2. The van der Waals surface area contributed by atoms with Gasteiger partial charge in [-0.15, -0.1) is 5.10 Å². The second kappa shape index (κ2) is 13.5. The van der Waals surface area contributed by atoms with E-state index in [9.17, 15) is 29.6 Å². The molecule has 2 saturated heterocycles.